The van der Waals surface area contributed by atoms with E-state index in [9.17, 15) is 4.79 Å². The molecule has 120 valence electrons. The van der Waals surface area contributed by atoms with Crippen LogP contribution in [-0.4, -0.2) is 24.6 Å². The number of esters is 1. The summed E-state index contributed by atoms with van der Waals surface area (Å²) in [4.78, 5) is 12.0. The lowest BCUT2D eigenvalue weighted by Crippen LogP contribution is -2.18. The van der Waals surface area contributed by atoms with Gasteiger partial charge in [-0.2, -0.15) is 0 Å². The highest BCUT2D eigenvalue weighted by Gasteiger charge is 2.43. The molecule has 0 N–H and O–H groups in total. The number of carbonyl (C=O) groups is 1. The van der Waals surface area contributed by atoms with Crippen molar-refractivity contribution in [2.45, 2.75) is 17.9 Å². The maximum atomic E-state index is 12.0. The van der Waals surface area contributed by atoms with Gasteiger partial charge in [0, 0.05) is 0 Å². The van der Waals surface area contributed by atoms with Crippen molar-refractivity contribution in [3.8, 4) is 11.1 Å². The monoisotopic (exact) mass is 344 g/mol. The van der Waals surface area contributed by atoms with E-state index < -0.39 is 0 Å². The molecule has 1 aliphatic rings. The van der Waals surface area contributed by atoms with Gasteiger partial charge in [-0.05, 0) is 45.9 Å². The van der Waals surface area contributed by atoms with Gasteiger partial charge in [0.1, 0.15) is 4.08 Å². The second-order valence-corrected chi connectivity index (χ2v) is 8.50. The molecule has 0 fully saturated rings. The van der Waals surface area contributed by atoms with Crippen molar-refractivity contribution in [1.82, 2.24) is 0 Å². The van der Waals surface area contributed by atoms with E-state index in [1.165, 1.54) is 29.4 Å². The number of benzene rings is 2. The topological polar surface area (TPSA) is 26.3 Å². The molecule has 1 aliphatic carbocycles. The lowest BCUT2D eigenvalue weighted by molar-refractivity contribution is 0.0600. The molecular formula is C19H20O2S2. The fourth-order valence-corrected chi connectivity index (χ4v) is 6.37. The molecule has 0 unspecified atom stereocenters. The third kappa shape index (κ3) is 2.58. The first-order chi connectivity index (χ1) is 11.2. The highest BCUT2D eigenvalue weighted by atomic mass is 32.2. The summed E-state index contributed by atoms with van der Waals surface area (Å²) in [6, 6.07) is 14.5. The fourth-order valence-electron chi connectivity index (χ4n) is 3.21. The van der Waals surface area contributed by atoms with Gasteiger partial charge in [-0.1, -0.05) is 44.2 Å². The Balaban J connectivity index is 2.26. The van der Waals surface area contributed by atoms with Crippen molar-refractivity contribution in [3.63, 3.8) is 0 Å². The number of methoxy groups -OCH3 is 1. The van der Waals surface area contributed by atoms with E-state index in [1.54, 1.807) is 0 Å². The van der Waals surface area contributed by atoms with E-state index in [-0.39, 0.29) is 10.0 Å². The Hall–Kier alpha value is -1.39. The molecule has 0 amide bonds. The quantitative estimate of drug-likeness (QED) is 0.553. The summed E-state index contributed by atoms with van der Waals surface area (Å²) in [5, 5.41) is 0. The van der Waals surface area contributed by atoms with E-state index in [1.807, 2.05) is 35.7 Å². The molecule has 0 heterocycles. The van der Waals surface area contributed by atoms with Crippen LogP contribution in [0.1, 0.15) is 35.3 Å². The van der Waals surface area contributed by atoms with Crippen molar-refractivity contribution < 1.29 is 9.53 Å². The minimum absolute atomic E-state index is 0.139. The normalized spacial score (nSPS) is 14.2. The minimum Gasteiger partial charge on any atom is -0.465 e. The number of carbonyl (C=O) groups excluding carboxylic acids is 1. The van der Waals surface area contributed by atoms with Crippen molar-refractivity contribution in [2.24, 2.45) is 0 Å². The summed E-state index contributed by atoms with van der Waals surface area (Å²) in [5.74, 6) is 1.76. The molecule has 4 heteroatoms. The molecule has 2 nitrogen and oxygen atoms in total. The van der Waals surface area contributed by atoms with Crippen molar-refractivity contribution in [2.75, 3.05) is 18.6 Å². The van der Waals surface area contributed by atoms with E-state index >= 15 is 0 Å². The molecule has 0 saturated carbocycles. The zero-order chi connectivity index (χ0) is 16.4. The average molecular weight is 345 g/mol. The minimum atomic E-state index is -0.277. The maximum Gasteiger partial charge on any atom is 0.337 e. The van der Waals surface area contributed by atoms with Crippen LogP contribution in [0.25, 0.3) is 11.1 Å². The fraction of sp³-hybridized carbons (Fsp3) is 0.316. The highest BCUT2D eigenvalue weighted by molar-refractivity contribution is 8.17. The summed E-state index contributed by atoms with van der Waals surface area (Å²) >= 11 is 3.87. The van der Waals surface area contributed by atoms with Crippen LogP contribution in [0.5, 0.6) is 0 Å². The lowest BCUT2D eigenvalue weighted by atomic mass is 10.0. The van der Waals surface area contributed by atoms with Crippen LogP contribution in [0.3, 0.4) is 0 Å². The number of rotatable bonds is 5. The van der Waals surface area contributed by atoms with Crippen molar-refractivity contribution in [3.05, 3.63) is 59.2 Å². The molecule has 0 bridgehead atoms. The first-order valence-electron chi connectivity index (χ1n) is 7.78. The summed E-state index contributed by atoms with van der Waals surface area (Å²) in [5.41, 5.74) is 5.70. The largest absolute Gasteiger partial charge is 0.465 e. The van der Waals surface area contributed by atoms with Gasteiger partial charge in [-0.3, -0.25) is 0 Å². The van der Waals surface area contributed by atoms with Crippen LogP contribution >= 0.6 is 23.5 Å². The van der Waals surface area contributed by atoms with Gasteiger partial charge < -0.3 is 4.74 Å². The number of ether oxygens (including phenoxy) is 1. The number of hydrogen-bond donors (Lipinski definition) is 0. The van der Waals surface area contributed by atoms with Gasteiger partial charge in [-0.15, -0.1) is 23.5 Å². The summed E-state index contributed by atoms with van der Waals surface area (Å²) in [7, 11) is 1.43. The smallest absolute Gasteiger partial charge is 0.337 e. The Morgan fingerprint density at radius 3 is 2.30 bits per heavy atom. The lowest BCUT2D eigenvalue weighted by Gasteiger charge is -2.30. The standard InChI is InChI=1S/C19H20O2S2/c1-4-22-19(23-5-2)16-9-7-6-8-14(16)15-11-10-13(12-17(15)19)18(20)21-3/h6-12H,4-5H2,1-3H3. The maximum absolute atomic E-state index is 12.0. The van der Waals surface area contributed by atoms with Crippen LogP contribution in [0, 0.1) is 0 Å². The van der Waals surface area contributed by atoms with E-state index in [4.69, 9.17) is 4.74 Å². The molecule has 3 rings (SSSR count). The Labute approximate surface area is 146 Å². The van der Waals surface area contributed by atoms with Crippen molar-refractivity contribution >= 4 is 29.5 Å². The summed E-state index contributed by atoms with van der Waals surface area (Å²) in [6.45, 7) is 4.38. The molecular weight excluding hydrogens is 324 g/mol. The predicted octanol–water partition coefficient (Wildman–Crippen LogP) is 5.16. The average Bonchev–Trinajstić information content (AvgIpc) is 2.85. The number of thioether (sulfide) groups is 2. The zero-order valence-corrected chi connectivity index (χ0v) is 15.2. The van der Waals surface area contributed by atoms with Crippen LogP contribution in [0.2, 0.25) is 0 Å². The molecule has 2 aromatic rings. The Kier molecular flexibility index (Phi) is 4.74. The van der Waals surface area contributed by atoms with Gasteiger partial charge in [0.2, 0.25) is 0 Å². The highest BCUT2D eigenvalue weighted by Crippen LogP contribution is 2.60. The Morgan fingerprint density at radius 2 is 1.65 bits per heavy atom. The van der Waals surface area contributed by atoms with Crippen molar-refractivity contribution in [1.29, 1.82) is 0 Å². The first-order valence-corrected chi connectivity index (χ1v) is 9.75. The van der Waals surface area contributed by atoms with Gasteiger partial charge in [0.15, 0.2) is 0 Å². The summed E-state index contributed by atoms with van der Waals surface area (Å²) < 4.78 is 4.77. The molecule has 0 radical (unpaired) electrons. The molecule has 0 aliphatic heterocycles. The third-order valence-corrected chi connectivity index (χ3v) is 7.04. The molecule has 0 aromatic heterocycles. The molecule has 2 aromatic carbocycles. The van der Waals surface area contributed by atoms with Crippen LogP contribution < -0.4 is 0 Å². The van der Waals surface area contributed by atoms with E-state index in [0.717, 1.165) is 11.5 Å². The SMILES string of the molecule is CCSC1(SCC)c2ccccc2-c2ccc(C(=O)OC)cc21. The Bertz CT molecular complexity index is 734. The van der Waals surface area contributed by atoms with Gasteiger partial charge in [-0.25, -0.2) is 4.79 Å². The van der Waals surface area contributed by atoms with E-state index in [2.05, 4.69) is 44.2 Å². The predicted molar refractivity (Wildman–Crippen MR) is 100 cm³/mol. The van der Waals surface area contributed by atoms with E-state index in [0.29, 0.717) is 5.56 Å². The van der Waals surface area contributed by atoms with Gasteiger partial charge in [0.25, 0.3) is 0 Å². The molecule has 23 heavy (non-hydrogen) atoms. The third-order valence-electron chi connectivity index (χ3n) is 4.06. The zero-order valence-electron chi connectivity index (χ0n) is 13.6. The molecule has 0 atom stereocenters. The second-order valence-electron chi connectivity index (χ2n) is 5.28. The molecule has 0 spiro atoms. The molecule has 0 saturated heterocycles. The Morgan fingerprint density at radius 1 is 1.00 bits per heavy atom. The number of fused-ring (bicyclic) bond motifs is 3. The number of hydrogen-bond acceptors (Lipinski definition) is 4. The van der Waals surface area contributed by atoms with Crippen LogP contribution in [0.15, 0.2) is 42.5 Å². The first kappa shape index (κ1) is 16.5. The second kappa shape index (κ2) is 6.62. The van der Waals surface area contributed by atoms with Gasteiger partial charge >= 0.3 is 5.97 Å². The van der Waals surface area contributed by atoms with Crippen LogP contribution in [-0.2, 0) is 8.82 Å². The van der Waals surface area contributed by atoms with Crippen LogP contribution in [0.4, 0.5) is 0 Å². The van der Waals surface area contributed by atoms with Gasteiger partial charge in [0.05, 0.1) is 12.7 Å². The summed E-state index contributed by atoms with van der Waals surface area (Å²) in [6.07, 6.45) is 0.